The zero-order chi connectivity index (χ0) is 17.6. The van der Waals surface area contributed by atoms with Crippen LogP contribution in [0.25, 0.3) is 0 Å². The maximum atomic E-state index is 12.6. The van der Waals surface area contributed by atoms with Gasteiger partial charge in [0.25, 0.3) is 5.91 Å². The quantitative estimate of drug-likeness (QED) is 0.716. The van der Waals surface area contributed by atoms with Gasteiger partial charge in [0.1, 0.15) is 0 Å². The average molecular weight is 355 g/mol. The molecule has 1 aromatic rings. The van der Waals surface area contributed by atoms with Gasteiger partial charge in [-0.15, -0.1) is 0 Å². The summed E-state index contributed by atoms with van der Waals surface area (Å²) in [5, 5.41) is 0. The van der Waals surface area contributed by atoms with E-state index >= 15 is 0 Å². The van der Waals surface area contributed by atoms with Crippen LogP contribution in [0.4, 0.5) is 0 Å². The molecule has 1 N–H and O–H groups in total. The van der Waals surface area contributed by atoms with Crippen molar-refractivity contribution in [3.05, 3.63) is 29.8 Å². The van der Waals surface area contributed by atoms with Crippen LogP contribution in [-0.4, -0.2) is 77.6 Å². The van der Waals surface area contributed by atoms with Gasteiger partial charge in [0, 0.05) is 52.0 Å². The summed E-state index contributed by atoms with van der Waals surface area (Å²) in [4.78, 5) is 16.6. The van der Waals surface area contributed by atoms with Crippen LogP contribution in [0.3, 0.4) is 0 Å². The van der Waals surface area contributed by atoms with Gasteiger partial charge in [0.15, 0.2) is 0 Å². The van der Waals surface area contributed by atoms with Crippen molar-refractivity contribution >= 4 is 15.9 Å². The van der Waals surface area contributed by atoms with Crippen molar-refractivity contribution in [1.29, 1.82) is 0 Å². The molecule has 0 atom stereocenters. The second-order valence-corrected chi connectivity index (χ2v) is 7.63. The van der Waals surface area contributed by atoms with E-state index in [1.165, 1.54) is 12.1 Å². The molecule has 1 fully saturated rings. The van der Waals surface area contributed by atoms with E-state index in [-0.39, 0.29) is 10.8 Å². The van der Waals surface area contributed by atoms with Crippen LogP contribution in [0.5, 0.6) is 0 Å². The van der Waals surface area contributed by atoms with Crippen molar-refractivity contribution in [2.75, 3.05) is 53.5 Å². The topological polar surface area (TPSA) is 78.9 Å². The number of piperazine rings is 1. The SMILES string of the molecule is COCCCNS(=O)(=O)c1cccc(C(=O)N2CCN(C)CC2)c1. The van der Waals surface area contributed by atoms with E-state index in [0.717, 1.165) is 13.1 Å². The zero-order valence-electron chi connectivity index (χ0n) is 14.2. The Morgan fingerprint density at radius 3 is 2.62 bits per heavy atom. The van der Waals surface area contributed by atoms with Gasteiger partial charge in [-0.05, 0) is 31.7 Å². The highest BCUT2D eigenvalue weighted by atomic mass is 32.2. The zero-order valence-corrected chi connectivity index (χ0v) is 15.0. The van der Waals surface area contributed by atoms with E-state index in [0.29, 0.717) is 38.2 Å². The fourth-order valence-corrected chi connectivity index (χ4v) is 3.61. The number of carbonyl (C=O) groups is 1. The van der Waals surface area contributed by atoms with E-state index in [1.807, 2.05) is 7.05 Å². The van der Waals surface area contributed by atoms with Gasteiger partial charge in [-0.3, -0.25) is 4.79 Å². The Morgan fingerprint density at radius 1 is 1.25 bits per heavy atom. The van der Waals surface area contributed by atoms with Crippen molar-refractivity contribution in [3.63, 3.8) is 0 Å². The average Bonchev–Trinajstić information content (AvgIpc) is 2.59. The first-order chi connectivity index (χ1) is 11.4. The van der Waals surface area contributed by atoms with Crippen molar-refractivity contribution in [2.45, 2.75) is 11.3 Å². The molecule has 2 rings (SSSR count). The van der Waals surface area contributed by atoms with Crippen LogP contribution in [0.2, 0.25) is 0 Å². The van der Waals surface area contributed by atoms with Gasteiger partial charge in [-0.2, -0.15) is 0 Å². The largest absolute Gasteiger partial charge is 0.385 e. The van der Waals surface area contributed by atoms with E-state index < -0.39 is 10.0 Å². The highest BCUT2D eigenvalue weighted by molar-refractivity contribution is 7.89. The number of nitrogens with one attached hydrogen (secondary N) is 1. The first-order valence-electron chi connectivity index (χ1n) is 8.00. The molecule has 7 nitrogen and oxygen atoms in total. The summed E-state index contributed by atoms with van der Waals surface area (Å²) in [5.41, 5.74) is 0.402. The van der Waals surface area contributed by atoms with Crippen LogP contribution in [-0.2, 0) is 14.8 Å². The Bertz CT molecular complexity index is 655. The summed E-state index contributed by atoms with van der Waals surface area (Å²) in [6.45, 7) is 3.75. The summed E-state index contributed by atoms with van der Waals surface area (Å²) >= 11 is 0. The molecule has 1 aliphatic heterocycles. The number of hydrogen-bond donors (Lipinski definition) is 1. The Kier molecular flexibility index (Phi) is 6.73. The minimum Gasteiger partial charge on any atom is -0.385 e. The molecule has 134 valence electrons. The Balaban J connectivity index is 2.06. The number of sulfonamides is 1. The molecule has 8 heteroatoms. The minimum atomic E-state index is -3.62. The highest BCUT2D eigenvalue weighted by Crippen LogP contribution is 2.14. The molecule has 0 spiro atoms. The molecule has 1 heterocycles. The highest BCUT2D eigenvalue weighted by Gasteiger charge is 2.22. The molecule has 0 bridgehead atoms. The number of carbonyl (C=O) groups excluding carboxylic acids is 1. The fraction of sp³-hybridized carbons (Fsp3) is 0.562. The third kappa shape index (κ3) is 5.01. The lowest BCUT2D eigenvalue weighted by Crippen LogP contribution is -2.47. The lowest BCUT2D eigenvalue weighted by molar-refractivity contribution is 0.0664. The summed E-state index contributed by atoms with van der Waals surface area (Å²) < 4.78 is 32.0. The number of hydrogen-bond acceptors (Lipinski definition) is 5. The standard InChI is InChI=1S/C16H25N3O4S/c1-18-8-10-19(11-9-18)16(20)14-5-3-6-15(13-14)24(21,22)17-7-4-12-23-2/h3,5-6,13,17H,4,7-12H2,1-2H3. The molecule has 0 unspecified atom stereocenters. The smallest absolute Gasteiger partial charge is 0.253 e. The van der Waals surface area contributed by atoms with Crippen LogP contribution < -0.4 is 4.72 Å². The van der Waals surface area contributed by atoms with Crippen molar-refractivity contribution in [1.82, 2.24) is 14.5 Å². The molecule has 0 radical (unpaired) electrons. The van der Waals surface area contributed by atoms with Gasteiger partial charge in [0.2, 0.25) is 10.0 Å². The Hall–Kier alpha value is -1.48. The number of likely N-dealkylation sites (N-methyl/N-ethyl adjacent to an activating group) is 1. The summed E-state index contributed by atoms with van der Waals surface area (Å²) in [6, 6.07) is 6.20. The maximum Gasteiger partial charge on any atom is 0.253 e. The molecule has 1 aromatic carbocycles. The van der Waals surface area contributed by atoms with Crippen molar-refractivity contribution in [2.24, 2.45) is 0 Å². The number of nitrogens with zero attached hydrogens (tertiary/aromatic N) is 2. The second-order valence-electron chi connectivity index (χ2n) is 5.87. The van der Waals surface area contributed by atoms with E-state index in [1.54, 1.807) is 24.1 Å². The van der Waals surface area contributed by atoms with Gasteiger partial charge in [-0.25, -0.2) is 13.1 Å². The lowest BCUT2D eigenvalue weighted by Gasteiger charge is -2.32. The third-order valence-corrected chi connectivity index (χ3v) is 5.46. The van der Waals surface area contributed by atoms with E-state index in [4.69, 9.17) is 4.74 Å². The predicted octanol–water partition coefficient (Wildman–Crippen LogP) is 0.389. The first-order valence-corrected chi connectivity index (χ1v) is 9.49. The second kappa shape index (κ2) is 8.57. The number of amides is 1. The van der Waals surface area contributed by atoms with E-state index in [9.17, 15) is 13.2 Å². The van der Waals surface area contributed by atoms with Gasteiger partial charge in [0.05, 0.1) is 4.90 Å². The monoisotopic (exact) mass is 355 g/mol. The summed E-state index contributed by atoms with van der Waals surface area (Å²) in [5.74, 6) is -0.125. The molecular formula is C16H25N3O4S. The summed E-state index contributed by atoms with van der Waals surface area (Å²) in [7, 11) is -0.0313. The molecule has 1 aliphatic rings. The third-order valence-electron chi connectivity index (χ3n) is 4.00. The van der Waals surface area contributed by atoms with E-state index in [2.05, 4.69) is 9.62 Å². The van der Waals surface area contributed by atoms with Crippen molar-refractivity contribution in [3.8, 4) is 0 Å². The van der Waals surface area contributed by atoms with Gasteiger partial charge < -0.3 is 14.5 Å². The molecule has 24 heavy (non-hydrogen) atoms. The molecule has 0 aromatic heterocycles. The number of methoxy groups -OCH3 is 1. The number of ether oxygens (including phenoxy) is 1. The van der Waals surface area contributed by atoms with Crippen molar-refractivity contribution < 1.29 is 17.9 Å². The molecule has 0 aliphatic carbocycles. The first kappa shape index (κ1) is 18.9. The predicted molar refractivity (Wildman–Crippen MR) is 91.5 cm³/mol. The van der Waals surface area contributed by atoms with Gasteiger partial charge >= 0.3 is 0 Å². The molecular weight excluding hydrogens is 330 g/mol. The lowest BCUT2D eigenvalue weighted by atomic mass is 10.2. The number of benzene rings is 1. The fourth-order valence-electron chi connectivity index (χ4n) is 2.49. The maximum absolute atomic E-state index is 12.6. The molecule has 0 saturated carbocycles. The Morgan fingerprint density at radius 2 is 1.96 bits per heavy atom. The van der Waals surface area contributed by atoms with Crippen LogP contribution in [0.15, 0.2) is 29.2 Å². The molecule has 1 amide bonds. The van der Waals surface area contributed by atoms with Gasteiger partial charge in [-0.1, -0.05) is 6.07 Å². The van der Waals surface area contributed by atoms with Crippen LogP contribution in [0, 0.1) is 0 Å². The molecule has 1 saturated heterocycles. The van der Waals surface area contributed by atoms with Crippen LogP contribution in [0.1, 0.15) is 16.8 Å². The Labute approximate surface area is 143 Å². The normalized spacial score (nSPS) is 16.3. The van der Waals surface area contributed by atoms with Crippen LogP contribution >= 0.6 is 0 Å². The number of rotatable bonds is 7. The minimum absolute atomic E-state index is 0.111. The summed E-state index contributed by atoms with van der Waals surface area (Å²) in [6.07, 6.45) is 0.593.